The summed E-state index contributed by atoms with van der Waals surface area (Å²) in [5.41, 5.74) is 5.39. The molecule has 1 aromatic rings. The van der Waals surface area contributed by atoms with E-state index < -0.39 is 0 Å². The second kappa shape index (κ2) is 5.85. The number of benzene rings is 1. The smallest absolute Gasteiger partial charge is 0.171 e. The normalized spacial score (nSPS) is 27.3. The van der Waals surface area contributed by atoms with E-state index in [0.717, 1.165) is 39.1 Å². The second-order valence-corrected chi connectivity index (χ2v) is 9.16. The summed E-state index contributed by atoms with van der Waals surface area (Å²) in [6.45, 7) is 3.65. The van der Waals surface area contributed by atoms with Crippen LogP contribution in [0.25, 0.3) is 0 Å². The molecule has 0 bridgehead atoms. The number of rotatable bonds is 1. The molecule has 2 spiro atoms. The third-order valence-corrected chi connectivity index (χ3v) is 7.87. The zero-order valence-electron chi connectivity index (χ0n) is 14.3. The van der Waals surface area contributed by atoms with E-state index in [1.807, 2.05) is 0 Å². The number of nitrogens with zero attached hydrogens (tertiary/aromatic N) is 1. The van der Waals surface area contributed by atoms with E-state index in [-0.39, 0.29) is 5.79 Å². The molecule has 0 aromatic heterocycles. The summed E-state index contributed by atoms with van der Waals surface area (Å²) in [5.74, 6) is -0.270. The summed E-state index contributed by atoms with van der Waals surface area (Å²) in [6, 6.07) is 4.75. The van der Waals surface area contributed by atoms with Crippen molar-refractivity contribution >= 4 is 28.3 Å². The summed E-state index contributed by atoms with van der Waals surface area (Å²) < 4.78 is 13.3. The Morgan fingerprint density at radius 2 is 1.62 bits per heavy atom. The van der Waals surface area contributed by atoms with Gasteiger partial charge in [0.1, 0.15) is 0 Å². The van der Waals surface area contributed by atoms with E-state index in [1.54, 1.807) is 11.1 Å². The van der Waals surface area contributed by atoms with Crippen LogP contribution >= 0.6 is 22.6 Å². The van der Waals surface area contributed by atoms with E-state index in [4.69, 9.17) is 9.47 Å². The number of hydrogen-bond acceptors (Lipinski definition) is 3. The van der Waals surface area contributed by atoms with Crippen molar-refractivity contribution < 1.29 is 9.47 Å². The molecule has 0 amide bonds. The van der Waals surface area contributed by atoms with Crippen LogP contribution < -0.4 is 4.90 Å². The molecule has 0 unspecified atom stereocenters. The zero-order chi connectivity index (χ0) is 16.2. The summed E-state index contributed by atoms with van der Waals surface area (Å²) in [5, 5.41) is 0. The van der Waals surface area contributed by atoms with E-state index >= 15 is 0 Å². The Labute approximate surface area is 158 Å². The quantitative estimate of drug-likeness (QED) is 0.606. The van der Waals surface area contributed by atoms with Crippen molar-refractivity contribution in [2.24, 2.45) is 0 Å². The standard InChI is InChI=1S/C20H26INO2/c21-16-3-4-17(18-15(16)5-8-19(18)6-1-2-7-19)22-11-9-20(10-12-22)23-13-14-24-20/h3-4H,1-2,5-14H2. The molecule has 4 heteroatoms. The van der Waals surface area contributed by atoms with Gasteiger partial charge in [0.05, 0.1) is 13.2 Å². The number of fused-ring (bicyclic) bond motifs is 2. The summed E-state index contributed by atoms with van der Waals surface area (Å²) >= 11 is 2.55. The van der Waals surface area contributed by atoms with Crippen LogP contribution in [0.1, 0.15) is 56.1 Å². The minimum Gasteiger partial charge on any atom is -0.371 e. The van der Waals surface area contributed by atoms with Crippen LogP contribution in [-0.2, 0) is 21.3 Å². The fourth-order valence-corrected chi connectivity index (χ4v) is 6.34. The van der Waals surface area contributed by atoms with Gasteiger partial charge in [0.15, 0.2) is 5.79 Å². The van der Waals surface area contributed by atoms with Crippen molar-refractivity contribution in [3.63, 3.8) is 0 Å². The molecule has 2 aliphatic heterocycles. The van der Waals surface area contributed by atoms with Crippen LogP contribution in [0, 0.1) is 3.57 Å². The third kappa shape index (κ3) is 2.36. The molecule has 1 saturated carbocycles. The van der Waals surface area contributed by atoms with Crippen LogP contribution in [0.5, 0.6) is 0 Å². The number of halogens is 1. The number of piperidine rings is 1. The molecule has 130 valence electrons. The van der Waals surface area contributed by atoms with Crippen LogP contribution in [0.2, 0.25) is 0 Å². The van der Waals surface area contributed by atoms with Gasteiger partial charge in [-0.15, -0.1) is 0 Å². The molecule has 24 heavy (non-hydrogen) atoms. The SMILES string of the molecule is Ic1ccc(N2CCC3(CC2)OCCO3)c2c1CCC21CCCC1. The lowest BCUT2D eigenvalue weighted by atomic mass is 9.79. The molecule has 0 radical (unpaired) electrons. The lowest BCUT2D eigenvalue weighted by Gasteiger charge is -2.41. The third-order valence-electron chi connectivity index (χ3n) is 6.86. The highest BCUT2D eigenvalue weighted by molar-refractivity contribution is 14.1. The largest absolute Gasteiger partial charge is 0.371 e. The Morgan fingerprint density at radius 3 is 2.33 bits per heavy atom. The predicted molar refractivity (Wildman–Crippen MR) is 104 cm³/mol. The van der Waals surface area contributed by atoms with Gasteiger partial charge in [-0.25, -0.2) is 0 Å². The van der Waals surface area contributed by atoms with E-state index in [9.17, 15) is 0 Å². The van der Waals surface area contributed by atoms with E-state index in [1.165, 1.54) is 47.8 Å². The fourth-order valence-electron chi connectivity index (χ4n) is 5.62. The Balaban J connectivity index is 1.48. The maximum absolute atomic E-state index is 5.92. The van der Waals surface area contributed by atoms with Crippen LogP contribution in [0.15, 0.2) is 12.1 Å². The molecule has 2 aliphatic carbocycles. The van der Waals surface area contributed by atoms with E-state index in [2.05, 4.69) is 39.6 Å². The Kier molecular flexibility index (Phi) is 3.87. The minimum atomic E-state index is -0.270. The van der Waals surface area contributed by atoms with Crippen molar-refractivity contribution in [1.82, 2.24) is 0 Å². The van der Waals surface area contributed by atoms with E-state index in [0.29, 0.717) is 5.41 Å². The van der Waals surface area contributed by atoms with Gasteiger partial charge < -0.3 is 14.4 Å². The number of anilines is 1. The summed E-state index contributed by atoms with van der Waals surface area (Å²) in [4.78, 5) is 2.62. The van der Waals surface area contributed by atoms with Crippen LogP contribution in [0.3, 0.4) is 0 Å². The lowest BCUT2D eigenvalue weighted by molar-refractivity contribution is -0.169. The highest BCUT2D eigenvalue weighted by Gasteiger charge is 2.45. The van der Waals surface area contributed by atoms with Gasteiger partial charge in [-0.3, -0.25) is 0 Å². The molecule has 3 fully saturated rings. The maximum Gasteiger partial charge on any atom is 0.171 e. The van der Waals surface area contributed by atoms with Gasteiger partial charge >= 0.3 is 0 Å². The monoisotopic (exact) mass is 439 g/mol. The molecule has 0 N–H and O–H groups in total. The fraction of sp³-hybridized carbons (Fsp3) is 0.700. The average molecular weight is 439 g/mol. The highest BCUT2D eigenvalue weighted by atomic mass is 127. The number of hydrogen-bond donors (Lipinski definition) is 0. The first-order chi connectivity index (χ1) is 11.7. The molecule has 1 aromatic carbocycles. The van der Waals surface area contributed by atoms with Crippen molar-refractivity contribution in [3.05, 3.63) is 26.8 Å². The highest BCUT2D eigenvalue weighted by Crippen LogP contribution is 2.54. The first kappa shape index (κ1) is 15.9. The Bertz CT molecular complexity index is 637. The van der Waals surface area contributed by atoms with Gasteiger partial charge in [-0.05, 0) is 76.9 Å². The van der Waals surface area contributed by atoms with Gasteiger partial charge in [0.2, 0.25) is 0 Å². The summed E-state index contributed by atoms with van der Waals surface area (Å²) in [7, 11) is 0. The zero-order valence-corrected chi connectivity index (χ0v) is 16.4. The van der Waals surface area contributed by atoms with Gasteiger partial charge in [0.25, 0.3) is 0 Å². The second-order valence-electron chi connectivity index (χ2n) is 8.00. The predicted octanol–water partition coefficient (Wildman–Crippen LogP) is 4.39. The first-order valence-corrected chi connectivity index (χ1v) is 10.6. The van der Waals surface area contributed by atoms with Crippen molar-refractivity contribution in [2.75, 3.05) is 31.2 Å². The minimum absolute atomic E-state index is 0.270. The van der Waals surface area contributed by atoms with Crippen molar-refractivity contribution in [3.8, 4) is 0 Å². The van der Waals surface area contributed by atoms with Crippen molar-refractivity contribution in [1.29, 1.82) is 0 Å². The first-order valence-electron chi connectivity index (χ1n) is 9.56. The molecule has 3 nitrogen and oxygen atoms in total. The molecule has 2 saturated heterocycles. The molecule has 0 atom stereocenters. The van der Waals surface area contributed by atoms with Crippen LogP contribution in [-0.4, -0.2) is 32.1 Å². The molecular formula is C20H26INO2. The van der Waals surface area contributed by atoms with Gasteiger partial charge in [-0.2, -0.15) is 0 Å². The van der Waals surface area contributed by atoms with Crippen molar-refractivity contribution in [2.45, 2.75) is 62.6 Å². The molecule has 5 rings (SSSR count). The average Bonchev–Trinajstić information content (AvgIpc) is 3.33. The van der Waals surface area contributed by atoms with Crippen LogP contribution in [0.4, 0.5) is 5.69 Å². The Morgan fingerprint density at radius 1 is 0.917 bits per heavy atom. The molecule has 2 heterocycles. The maximum atomic E-state index is 5.92. The summed E-state index contributed by atoms with van der Waals surface area (Å²) in [6.07, 6.45) is 10.3. The topological polar surface area (TPSA) is 21.7 Å². The molecular weight excluding hydrogens is 413 g/mol. The molecule has 4 aliphatic rings. The van der Waals surface area contributed by atoms with Gasteiger partial charge in [0, 0.05) is 35.2 Å². The lowest BCUT2D eigenvalue weighted by Crippen LogP contribution is -2.45. The van der Waals surface area contributed by atoms with Gasteiger partial charge in [-0.1, -0.05) is 12.8 Å². The number of ether oxygens (including phenoxy) is 2. The Hall–Kier alpha value is -0.330.